The molecule has 2 rings (SSSR count). The van der Waals surface area contributed by atoms with E-state index in [2.05, 4.69) is 20.8 Å². The Morgan fingerprint density at radius 3 is 3.00 bits per heavy atom. The van der Waals surface area contributed by atoms with Crippen molar-refractivity contribution in [3.8, 4) is 0 Å². The molecule has 1 atom stereocenters. The molecule has 1 aromatic carbocycles. The standard InChI is InChI=1S/C12H12ClFN4OS/c1-7(11-8(13)3-2-4-9(11)14)15-5-10(19)17-12-18-16-6-20-12/h2-4,6-7,15H,5H2,1H3,(H,17,18,19). The number of hydrogen-bond donors (Lipinski definition) is 2. The van der Waals surface area contributed by atoms with Gasteiger partial charge in [0.05, 0.1) is 6.54 Å². The summed E-state index contributed by atoms with van der Waals surface area (Å²) in [6.45, 7) is 1.76. The molecule has 20 heavy (non-hydrogen) atoms. The summed E-state index contributed by atoms with van der Waals surface area (Å²) >= 11 is 7.18. The third-order valence-electron chi connectivity index (χ3n) is 2.61. The van der Waals surface area contributed by atoms with Gasteiger partial charge in [-0.05, 0) is 19.1 Å². The maximum absolute atomic E-state index is 13.7. The largest absolute Gasteiger partial charge is 0.302 e. The normalized spacial score (nSPS) is 12.2. The van der Waals surface area contributed by atoms with Gasteiger partial charge in [-0.1, -0.05) is 29.0 Å². The van der Waals surface area contributed by atoms with Crippen molar-refractivity contribution in [3.05, 3.63) is 40.1 Å². The van der Waals surface area contributed by atoms with Gasteiger partial charge in [-0.2, -0.15) is 0 Å². The molecule has 106 valence electrons. The SMILES string of the molecule is CC(NCC(=O)Nc1nncs1)c1c(F)cccc1Cl. The molecule has 0 saturated heterocycles. The highest BCUT2D eigenvalue weighted by Crippen LogP contribution is 2.25. The van der Waals surface area contributed by atoms with Crippen LogP contribution in [0.4, 0.5) is 9.52 Å². The van der Waals surface area contributed by atoms with Gasteiger partial charge in [0.1, 0.15) is 11.3 Å². The summed E-state index contributed by atoms with van der Waals surface area (Å²) in [5.41, 5.74) is 1.86. The average Bonchev–Trinajstić information content (AvgIpc) is 2.89. The van der Waals surface area contributed by atoms with Gasteiger partial charge in [-0.25, -0.2) is 4.39 Å². The van der Waals surface area contributed by atoms with Crippen LogP contribution in [-0.2, 0) is 4.79 Å². The molecule has 0 aliphatic heterocycles. The predicted octanol–water partition coefficient (Wildman–Crippen LogP) is 2.62. The first kappa shape index (κ1) is 14.8. The first-order valence-electron chi connectivity index (χ1n) is 5.81. The first-order valence-corrected chi connectivity index (χ1v) is 7.07. The van der Waals surface area contributed by atoms with Crippen LogP contribution in [0.3, 0.4) is 0 Å². The Kier molecular flexibility index (Phi) is 4.99. The second-order valence-electron chi connectivity index (χ2n) is 4.03. The van der Waals surface area contributed by atoms with Crippen LogP contribution in [-0.4, -0.2) is 22.6 Å². The number of nitrogens with one attached hydrogen (secondary N) is 2. The lowest BCUT2D eigenvalue weighted by molar-refractivity contribution is -0.115. The third-order valence-corrected chi connectivity index (χ3v) is 3.54. The van der Waals surface area contributed by atoms with Crippen molar-refractivity contribution >= 4 is 34.0 Å². The van der Waals surface area contributed by atoms with Gasteiger partial charge >= 0.3 is 0 Å². The number of carbonyl (C=O) groups excluding carboxylic acids is 1. The van der Waals surface area contributed by atoms with Crippen molar-refractivity contribution in [1.29, 1.82) is 0 Å². The Balaban J connectivity index is 1.92. The zero-order chi connectivity index (χ0) is 14.5. The van der Waals surface area contributed by atoms with Crippen LogP contribution in [0.1, 0.15) is 18.5 Å². The Labute approximate surface area is 124 Å². The monoisotopic (exact) mass is 314 g/mol. The molecule has 1 heterocycles. The van der Waals surface area contributed by atoms with Crippen LogP contribution in [0.2, 0.25) is 5.02 Å². The fraction of sp³-hybridized carbons (Fsp3) is 0.250. The topological polar surface area (TPSA) is 66.9 Å². The van der Waals surface area contributed by atoms with Crippen molar-refractivity contribution in [2.45, 2.75) is 13.0 Å². The predicted molar refractivity (Wildman–Crippen MR) is 76.4 cm³/mol. The Morgan fingerprint density at radius 2 is 2.35 bits per heavy atom. The summed E-state index contributed by atoms with van der Waals surface area (Å²) < 4.78 is 13.7. The smallest absolute Gasteiger partial charge is 0.240 e. The van der Waals surface area contributed by atoms with Crippen LogP contribution in [0, 0.1) is 5.82 Å². The zero-order valence-electron chi connectivity index (χ0n) is 10.6. The van der Waals surface area contributed by atoms with E-state index < -0.39 is 5.82 Å². The molecule has 0 radical (unpaired) electrons. The Bertz CT molecular complexity index is 573. The van der Waals surface area contributed by atoms with E-state index in [1.165, 1.54) is 29.0 Å². The highest BCUT2D eigenvalue weighted by Gasteiger charge is 2.15. The maximum atomic E-state index is 13.7. The molecule has 1 unspecified atom stereocenters. The van der Waals surface area contributed by atoms with Crippen molar-refractivity contribution in [3.63, 3.8) is 0 Å². The molecule has 5 nitrogen and oxygen atoms in total. The number of carbonyl (C=O) groups is 1. The summed E-state index contributed by atoms with van der Waals surface area (Å²) in [7, 11) is 0. The van der Waals surface area contributed by atoms with E-state index in [1.54, 1.807) is 13.0 Å². The third kappa shape index (κ3) is 3.72. The number of aromatic nitrogens is 2. The van der Waals surface area contributed by atoms with E-state index >= 15 is 0 Å². The first-order chi connectivity index (χ1) is 9.58. The van der Waals surface area contributed by atoms with E-state index in [-0.39, 0.29) is 18.5 Å². The summed E-state index contributed by atoms with van der Waals surface area (Å²) in [4.78, 5) is 11.7. The number of nitrogens with zero attached hydrogens (tertiary/aromatic N) is 2. The van der Waals surface area contributed by atoms with Crippen LogP contribution in [0.15, 0.2) is 23.7 Å². The second kappa shape index (κ2) is 6.74. The highest BCUT2D eigenvalue weighted by atomic mass is 35.5. The van der Waals surface area contributed by atoms with E-state index in [1.807, 2.05) is 0 Å². The minimum atomic E-state index is -0.401. The maximum Gasteiger partial charge on any atom is 0.240 e. The molecule has 1 amide bonds. The van der Waals surface area contributed by atoms with Crippen molar-refractivity contribution < 1.29 is 9.18 Å². The average molecular weight is 315 g/mol. The summed E-state index contributed by atoms with van der Waals surface area (Å²) in [6.07, 6.45) is 0. The van der Waals surface area contributed by atoms with Gasteiger partial charge in [-0.3, -0.25) is 10.1 Å². The molecule has 0 fully saturated rings. The van der Waals surface area contributed by atoms with Crippen LogP contribution in [0.25, 0.3) is 0 Å². The molecule has 2 aromatic rings. The summed E-state index contributed by atoms with van der Waals surface area (Å²) in [5, 5.41) is 13.5. The number of amides is 1. The number of anilines is 1. The fourth-order valence-corrected chi connectivity index (χ4v) is 2.45. The van der Waals surface area contributed by atoms with Crippen molar-refractivity contribution in [2.24, 2.45) is 0 Å². The highest BCUT2D eigenvalue weighted by molar-refractivity contribution is 7.13. The van der Waals surface area contributed by atoms with Gasteiger partial charge in [0.15, 0.2) is 0 Å². The molecule has 1 aromatic heterocycles. The Hall–Kier alpha value is -1.57. The van der Waals surface area contributed by atoms with Gasteiger partial charge in [0.25, 0.3) is 0 Å². The molecule has 0 aliphatic carbocycles. The Morgan fingerprint density at radius 1 is 1.55 bits per heavy atom. The number of benzene rings is 1. The lowest BCUT2D eigenvalue weighted by Gasteiger charge is -2.15. The number of rotatable bonds is 5. The molecular weight excluding hydrogens is 303 g/mol. The van der Waals surface area contributed by atoms with Gasteiger partial charge < -0.3 is 5.32 Å². The minimum Gasteiger partial charge on any atom is -0.302 e. The summed E-state index contributed by atoms with van der Waals surface area (Å²) in [5.74, 6) is -0.678. The molecular formula is C12H12ClFN4OS. The van der Waals surface area contributed by atoms with E-state index in [9.17, 15) is 9.18 Å². The molecule has 0 bridgehead atoms. The van der Waals surface area contributed by atoms with Crippen LogP contribution >= 0.6 is 22.9 Å². The van der Waals surface area contributed by atoms with Crippen LogP contribution < -0.4 is 10.6 Å². The molecule has 0 spiro atoms. The fourth-order valence-electron chi connectivity index (χ4n) is 1.66. The quantitative estimate of drug-likeness (QED) is 0.890. The molecule has 0 aliphatic rings. The van der Waals surface area contributed by atoms with E-state index in [0.29, 0.717) is 15.7 Å². The molecule has 2 N–H and O–H groups in total. The lowest BCUT2D eigenvalue weighted by Crippen LogP contribution is -2.30. The van der Waals surface area contributed by atoms with E-state index in [4.69, 9.17) is 11.6 Å². The second-order valence-corrected chi connectivity index (χ2v) is 5.27. The molecule has 8 heteroatoms. The molecule has 0 saturated carbocycles. The van der Waals surface area contributed by atoms with Crippen molar-refractivity contribution in [1.82, 2.24) is 15.5 Å². The van der Waals surface area contributed by atoms with Gasteiger partial charge in [0, 0.05) is 16.6 Å². The number of halogens is 2. The van der Waals surface area contributed by atoms with Gasteiger partial charge in [-0.15, -0.1) is 10.2 Å². The van der Waals surface area contributed by atoms with E-state index in [0.717, 1.165) is 0 Å². The summed E-state index contributed by atoms with van der Waals surface area (Å²) in [6, 6.07) is 4.10. The van der Waals surface area contributed by atoms with Gasteiger partial charge in [0.2, 0.25) is 11.0 Å². The van der Waals surface area contributed by atoms with Crippen molar-refractivity contribution in [2.75, 3.05) is 11.9 Å². The minimum absolute atomic E-state index is 0.0193. The lowest BCUT2D eigenvalue weighted by atomic mass is 10.1. The van der Waals surface area contributed by atoms with Crippen LogP contribution in [0.5, 0.6) is 0 Å². The zero-order valence-corrected chi connectivity index (χ0v) is 12.1. The number of hydrogen-bond acceptors (Lipinski definition) is 5.